The van der Waals surface area contributed by atoms with Gasteiger partial charge in [0.05, 0.1) is 44.1 Å². The van der Waals surface area contributed by atoms with Crippen LogP contribution >= 0.6 is 0 Å². The molecule has 2 heterocycles. The van der Waals surface area contributed by atoms with E-state index >= 15 is 0 Å². The van der Waals surface area contributed by atoms with Crippen molar-refractivity contribution in [1.82, 2.24) is 4.90 Å². The molecule has 1 saturated heterocycles. The highest BCUT2D eigenvalue weighted by Gasteiger charge is 2.34. The van der Waals surface area contributed by atoms with Gasteiger partial charge in [-0.15, -0.1) is 0 Å². The summed E-state index contributed by atoms with van der Waals surface area (Å²) in [7, 11) is 2.42. The van der Waals surface area contributed by atoms with Gasteiger partial charge in [0.1, 0.15) is 5.76 Å². The molecule has 1 fully saturated rings. The average molecular weight is 400 g/mol. The van der Waals surface area contributed by atoms with Gasteiger partial charge in [0.25, 0.3) is 0 Å². The summed E-state index contributed by atoms with van der Waals surface area (Å²) < 4.78 is 14.6. The molecule has 0 saturated carbocycles. The summed E-state index contributed by atoms with van der Waals surface area (Å²) in [6.07, 6.45) is 1.58. The van der Waals surface area contributed by atoms with Crippen LogP contribution in [0.1, 0.15) is 32.9 Å². The highest BCUT2D eigenvalue weighted by Crippen LogP contribution is 2.23. The Morgan fingerprint density at radius 1 is 1.14 bits per heavy atom. The number of nitrogens with zero attached hydrogens (tertiary/aromatic N) is 1. The molecular formula is C20H20N2O7. The monoisotopic (exact) mass is 400 g/mol. The van der Waals surface area contributed by atoms with Crippen molar-refractivity contribution in [1.29, 1.82) is 0 Å². The van der Waals surface area contributed by atoms with Crippen molar-refractivity contribution in [2.24, 2.45) is 5.92 Å². The normalized spacial score (nSPS) is 15.9. The quantitative estimate of drug-likeness (QED) is 0.736. The number of anilines is 1. The largest absolute Gasteiger partial charge is 0.467 e. The van der Waals surface area contributed by atoms with E-state index in [0.29, 0.717) is 12.3 Å². The zero-order chi connectivity index (χ0) is 21.0. The molecule has 9 nitrogen and oxygen atoms in total. The van der Waals surface area contributed by atoms with E-state index in [9.17, 15) is 19.2 Å². The van der Waals surface area contributed by atoms with Crippen LogP contribution in [0.15, 0.2) is 41.0 Å². The second-order valence-electron chi connectivity index (χ2n) is 6.53. The Balaban J connectivity index is 1.73. The molecule has 0 spiro atoms. The minimum atomic E-state index is -0.660. The maximum absolute atomic E-state index is 12.7. The Bertz CT molecular complexity index is 902. The summed E-state index contributed by atoms with van der Waals surface area (Å²) in [4.78, 5) is 50.1. The van der Waals surface area contributed by atoms with Gasteiger partial charge in [0.2, 0.25) is 11.8 Å². The lowest BCUT2D eigenvalue weighted by Gasteiger charge is -2.15. The Kier molecular flexibility index (Phi) is 5.96. The second-order valence-corrected chi connectivity index (χ2v) is 6.53. The first kappa shape index (κ1) is 20.1. The molecule has 2 aromatic rings. The number of amides is 2. The molecule has 9 heteroatoms. The number of likely N-dealkylation sites (tertiary alicyclic amines) is 1. The van der Waals surface area contributed by atoms with Crippen molar-refractivity contribution in [2.45, 2.75) is 13.0 Å². The van der Waals surface area contributed by atoms with E-state index in [1.54, 1.807) is 17.0 Å². The molecule has 1 atom stereocenters. The Morgan fingerprint density at radius 2 is 1.79 bits per heavy atom. The van der Waals surface area contributed by atoms with E-state index in [0.717, 1.165) is 0 Å². The third-order valence-corrected chi connectivity index (χ3v) is 4.55. The number of ether oxygens (including phenoxy) is 2. The smallest absolute Gasteiger partial charge is 0.337 e. The fourth-order valence-electron chi connectivity index (χ4n) is 3.11. The lowest BCUT2D eigenvalue weighted by atomic mass is 10.1. The first-order valence-corrected chi connectivity index (χ1v) is 8.84. The molecule has 0 unspecified atom stereocenters. The van der Waals surface area contributed by atoms with Gasteiger partial charge in [0.15, 0.2) is 0 Å². The molecule has 0 bridgehead atoms. The Hall–Kier alpha value is -3.62. The summed E-state index contributed by atoms with van der Waals surface area (Å²) >= 11 is 0. The Labute approximate surface area is 166 Å². The van der Waals surface area contributed by atoms with Gasteiger partial charge < -0.3 is 24.1 Å². The van der Waals surface area contributed by atoms with Crippen molar-refractivity contribution in [3.8, 4) is 0 Å². The standard InChI is InChI=1S/C20H20N2O7/c1-27-19(25)12-6-13(20(26)28-2)8-15(7-12)21-18(24)14-9-17(23)22(10-14)11-16-4-3-5-29-16/h3-8,14H,9-11H2,1-2H3,(H,21,24)/t14-/m1/s1. The first-order chi connectivity index (χ1) is 13.9. The van der Waals surface area contributed by atoms with Gasteiger partial charge >= 0.3 is 11.9 Å². The van der Waals surface area contributed by atoms with Crippen LogP contribution in [0.3, 0.4) is 0 Å². The van der Waals surface area contributed by atoms with Gasteiger partial charge in [-0.25, -0.2) is 9.59 Å². The van der Waals surface area contributed by atoms with Crippen LogP contribution in [0.5, 0.6) is 0 Å². The molecule has 1 N–H and O–H groups in total. The van der Waals surface area contributed by atoms with Gasteiger partial charge in [-0.3, -0.25) is 9.59 Å². The minimum absolute atomic E-state index is 0.0626. The summed E-state index contributed by atoms with van der Waals surface area (Å²) in [6, 6.07) is 7.60. The van der Waals surface area contributed by atoms with Crippen molar-refractivity contribution in [3.05, 3.63) is 53.5 Å². The van der Waals surface area contributed by atoms with Gasteiger partial charge in [-0.2, -0.15) is 0 Å². The van der Waals surface area contributed by atoms with E-state index in [-0.39, 0.29) is 35.7 Å². The number of carbonyl (C=O) groups is 4. The van der Waals surface area contributed by atoms with Gasteiger partial charge in [0, 0.05) is 18.7 Å². The van der Waals surface area contributed by atoms with E-state index in [4.69, 9.17) is 4.42 Å². The van der Waals surface area contributed by atoms with Crippen LogP contribution < -0.4 is 5.32 Å². The lowest BCUT2D eigenvalue weighted by molar-refractivity contribution is -0.128. The minimum Gasteiger partial charge on any atom is -0.467 e. The van der Waals surface area contributed by atoms with Crippen molar-refractivity contribution >= 4 is 29.4 Å². The predicted octanol–water partition coefficient (Wildman–Crippen LogP) is 1.84. The van der Waals surface area contributed by atoms with E-state index in [1.165, 1.54) is 38.7 Å². The number of nitrogens with one attached hydrogen (secondary N) is 1. The number of furan rings is 1. The molecule has 1 aromatic carbocycles. The summed E-state index contributed by atoms with van der Waals surface area (Å²) in [5.74, 6) is -1.80. The number of benzene rings is 1. The average Bonchev–Trinajstić information content (AvgIpc) is 3.36. The van der Waals surface area contributed by atoms with Crippen molar-refractivity contribution < 1.29 is 33.1 Å². The van der Waals surface area contributed by atoms with Crippen molar-refractivity contribution in [2.75, 3.05) is 26.1 Å². The third kappa shape index (κ3) is 4.63. The molecule has 152 valence electrons. The predicted molar refractivity (Wildman–Crippen MR) is 100.0 cm³/mol. The first-order valence-electron chi connectivity index (χ1n) is 8.84. The summed E-state index contributed by atoms with van der Waals surface area (Å²) in [6.45, 7) is 0.534. The number of carbonyl (C=O) groups excluding carboxylic acids is 4. The SMILES string of the molecule is COC(=O)c1cc(NC(=O)[C@@H]2CC(=O)N(Cc3ccco3)C2)cc(C(=O)OC)c1. The third-order valence-electron chi connectivity index (χ3n) is 4.55. The summed E-state index contributed by atoms with van der Waals surface area (Å²) in [5.41, 5.74) is 0.413. The maximum Gasteiger partial charge on any atom is 0.337 e. The Morgan fingerprint density at radius 3 is 2.34 bits per heavy atom. The molecule has 1 aliphatic heterocycles. The molecule has 2 amide bonds. The van der Waals surface area contributed by atoms with E-state index in [1.807, 2.05) is 0 Å². The van der Waals surface area contributed by atoms with Crippen LogP contribution in [0.25, 0.3) is 0 Å². The molecule has 0 radical (unpaired) electrons. The number of methoxy groups -OCH3 is 2. The van der Waals surface area contributed by atoms with Crippen LogP contribution in [-0.4, -0.2) is 49.4 Å². The highest BCUT2D eigenvalue weighted by molar-refractivity contribution is 6.01. The summed E-state index contributed by atoms with van der Waals surface area (Å²) in [5, 5.41) is 2.67. The molecule has 0 aliphatic carbocycles. The highest BCUT2D eigenvalue weighted by atomic mass is 16.5. The topological polar surface area (TPSA) is 115 Å². The van der Waals surface area contributed by atoms with E-state index in [2.05, 4.69) is 14.8 Å². The molecule has 1 aromatic heterocycles. The second kappa shape index (κ2) is 8.59. The zero-order valence-electron chi connectivity index (χ0n) is 16.0. The molecule has 3 rings (SSSR count). The number of esters is 2. The molecular weight excluding hydrogens is 380 g/mol. The fourth-order valence-corrected chi connectivity index (χ4v) is 3.11. The lowest BCUT2D eigenvalue weighted by Crippen LogP contribution is -2.28. The number of hydrogen-bond donors (Lipinski definition) is 1. The van der Waals surface area contributed by atoms with Crippen molar-refractivity contribution in [3.63, 3.8) is 0 Å². The molecule has 1 aliphatic rings. The van der Waals surface area contributed by atoms with Gasteiger partial charge in [-0.05, 0) is 30.3 Å². The maximum atomic E-state index is 12.7. The van der Waals surface area contributed by atoms with Gasteiger partial charge in [-0.1, -0.05) is 0 Å². The van der Waals surface area contributed by atoms with Crippen LogP contribution in [0.4, 0.5) is 5.69 Å². The molecule has 29 heavy (non-hydrogen) atoms. The van der Waals surface area contributed by atoms with E-state index < -0.39 is 23.8 Å². The van der Waals surface area contributed by atoms with Crippen LogP contribution in [0.2, 0.25) is 0 Å². The van der Waals surface area contributed by atoms with Crippen LogP contribution in [-0.2, 0) is 25.6 Å². The number of rotatable bonds is 6. The number of hydrogen-bond acceptors (Lipinski definition) is 7. The fraction of sp³-hybridized carbons (Fsp3) is 0.300. The zero-order valence-corrected chi connectivity index (χ0v) is 16.0. The van der Waals surface area contributed by atoms with Crippen LogP contribution in [0, 0.1) is 5.92 Å².